The Balaban J connectivity index is 2.83. The highest BCUT2D eigenvalue weighted by atomic mass is 35.5. The molecule has 0 unspecified atom stereocenters. The number of carbonyl (C=O) groups is 1. The minimum Gasteiger partial charge on any atom is -0.428 e. The molecule has 1 rings (SSSR count). The minimum absolute atomic E-state index is 0.0817. The lowest BCUT2D eigenvalue weighted by atomic mass is 10.3. The van der Waals surface area contributed by atoms with Gasteiger partial charge in [-0.1, -0.05) is 18.5 Å². The van der Waals surface area contributed by atoms with Gasteiger partial charge in [-0.25, -0.2) is 4.79 Å². The van der Waals surface area contributed by atoms with Crippen LogP contribution in [0.15, 0.2) is 23.3 Å². The molecule has 0 radical (unpaired) electrons. The smallest absolute Gasteiger partial charge is 0.341 e. The minimum atomic E-state index is -0.416. The van der Waals surface area contributed by atoms with Crippen LogP contribution >= 0.6 is 11.6 Å². The van der Waals surface area contributed by atoms with E-state index in [1.807, 2.05) is 13.8 Å². The molecule has 88 valence electrons. The molecule has 0 aliphatic carbocycles. The molecular weight excluding hydrogens is 230 g/mol. The number of hydrogen-bond donors (Lipinski definition) is 2. The zero-order valence-electron chi connectivity index (χ0n) is 9.14. The SMILES string of the molecule is CC[C@H](C)NC(=O)/N=c1/ccn(O)c(Cl)c1. The average Bonchev–Trinajstić information content (AvgIpc) is 2.23. The van der Waals surface area contributed by atoms with Crippen molar-refractivity contribution < 1.29 is 10.0 Å². The van der Waals surface area contributed by atoms with Gasteiger partial charge in [-0.2, -0.15) is 9.72 Å². The van der Waals surface area contributed by atoms with Crippen LogP contribution in [0.1, 0.15) is 20.3 Å². The third kappa shape index (κ3) is 3.58. The van der Waals surface area contributed by atoms with E-state index in [1.54, 1.807) is 0 Å². The van der Waals surface area contributed by atoms with Gasteiger partial charge in [0.25, 0.3) is 0 Å². The molecule has 0 bridgehead atoms. The Bertz CT molecular complexity index is 442. The van der Waals surface area contributed by atoms with Gasteiger partial charge in [0.05, 0.1) is 5.36 Å². The third-order valence-electron chi connectivity index (χ3n) is 2.09. The molecule has 2 amide bonds. The van der Waals surface area contributed by atoms with Gasteiger partial charge in [0.1, 0.15) is 5.15 Å². The molecule has 0 aliphatic rings. The van der Waals surface area contributed by atoms with Gasteiger partial charge < -0.3 is 10.5 Å². The summed E-state index contributed by atoms with van der Waals surface area (Å²) < 4.78 is 0.743. The first-order valence-electron chi connectivity index (χ1n) is 4.95. The number of halogens is 1. The van der Waals surface area contributed by atoms with Gasteiger partial charge in [-0.3, -0.25) is 0 Å². The van der Waals surface area contributed by atoms with Crippen molar-refractivity contribution in [2.24, 2.45) is 4.99 Å². The molecule has 0 saturated carbocycles. The second-order valence-corrected chi connectivity index (χ2v) is 3.81. The summed E-state index contributed by atoms with van der Waals surface area (Å²) in [6.07, 6.45) is 2.16. The molecule has 0 fully saturated rings. The van der Waals surface area contributed by atoms with Crippen molar-refractivity contribution >= 4 is 17.6 Å². The lowest BCUT2D eigenvalue weighted by Crippen LogP contribution is -2.30. The van der Waals surface area contributed by atoms with Crippen molar-refractivity contribution in [2.45, 2.75) is 26.3 Å². The summed E-state index contributed by atoms with van der Waals surface area (Å²) in [6.45, 7) is 3.87. The quantitative estimate of drug-likeness (QED) is 0.614. The van der Waals surface area contributed by atoms with Crippen LogP contribution in [0, 0.1) is 0 Å². The number of urea groups is 1. The topological polar surface area (TPSA) is 66.6 Å². The molecule has 2 N–H and O–H groups in total. The molecule has 0 aliphatic heterocycles. The zero-order valence-corrected chi connectivity index (χ0v) is 9.90. The third-order valence-corrected chi connectivity index (χ3v) is 2.37. The second-order valence-electron chi connectivity index (χ2n) is 3.42. The molecular formula is C10H14ClN3O2. The number of aromatic nitrogens is 1. The fraction of sp³-hybridized carbons (Fsp3) is 0.400. The van der Waals surface area contributed by atoms with Gasteiger partial charge >= 0.3 is 6.03 Å². The highest BCUT2D eigenvalue weighted by molar-refractivity contribution is 6.29. The maximum Gasteiger partial charge on any atom is 0.341 e. The van der Waals surface area contributed by atoms with Crippen molar-refractivity contribution in [3.63, 3.8) is 0 Å². The summed E-state index contributed by atoms with van der Waals surface area (Å²) in [6, 6.07) is 2.55. The predicted molar refractivity (Wildman–Crippen MR) is 60.5 cm³/mol. The van der Waals surface area contributed by atoms with Crippen molar-refractivity contribution in [3.05, 3.63) is 28.8 Å². The fourth-order valence-electron chi connectivity index (χ4n) is 0.986. The van der Waals surface area contributed by atoms with E-state index in [0.29, 0.717) is 5.36 Å². The number of nitrogens with zero attached hydrogens (tertiary/aromatic N) is 2. The van der Waals surface area contributed by atoms with Crippen molar-refractivity contribution in [2.75, 3.05) is 0 Å². The maximum absolute atomic E-state index is 11.4. The Labute approximate surface area is 98.3 Å². The predicted octanol–water partition coefficient (Wildman–Crippen LogP) is 1.79. The average molecular weight is 244 g/mol. The molecule has 0 saturated heterocycles. The number of carbonyl (C=O) groups excluding carboxylic acids is 1. The Morgan fingerprint density at radius 3 is 3.00 bits per heavy atom. The van der Waals surface area contributed by atoms with Gasteiger partial charge in [0, 0.05) is 18.3 Å². The summed E-state index contributed by atoms with van der Waals surface area (Å²) in [7, 11) is 0. The number of hydrogen-bond acceptors (Lipinski definition) is 2. The lowest BCUT2D eigenvalue weighted by Gasteiger charge is -2.07. The number of rotatable bonds is 2. The molecule has 0 spiro atoms. The van der Waals surface area contributed by atoms with E-state index < -0.39 is 6.03 Å². The first-order valence-corrected chi connectivity index (χ1v) is 5.33. The van der Waals surface area contributed by atoms with E-state index in [1.165, 1.54) is 18.3 Å². The van der Waals surface area contributed by atoms with E-state index in [-0.39, 0.29) is 11.2 Å². The summed E-state index contributed by atoms with van der Waals surface area (Å²) in [5, 5.41) is 12.3. The standard InChI is InChI=1S/C10H14ClN3O2/c1-3-7(2)12-10(15)13-8-4-5-14(16)9(11)6-8/h4-7,16H,3H2,1-2H3,(H,12,15)/b13-8-/t7-/m0/s1. The summed E-state index contributed by atoms with van der Waals surface area (Å²) in [5.41, 5.74) is 0. The van der Waals surface area contributed by atoms with Crippen LogP contribution in [0.4, 0.5) is 4.79 Å². The van der Waals surface area contributed by atoms with Crippen LogP contribution in [-0.4, -0.2) is 22.0 Å². The van der Waals surface area contributed by atoms with Crippen LogP contribution in [0.25, 0.3) is 0 Å². The molecule has 5 nitrogen and oxygen atoms in total. The number of nitrogens with one attached hydrogen (secondary N) is 1. The second kappa shape index (κ2) is 5.55. The number of pyridine rings is 1. The lowest BCUT2D eigenvalue weighted by molar-refractivity contribution is 0.185. The van der Waals surface area contributed by atoms with E-state index in [9.17, 15) is 4.79 Å². The van der Waals surface area contributed by atoms with Crippen molar-refractivity contribution in [1.29, 1.82) is 0 Å². The molecule has 1 heterocycles. The molecule has 1 aromatic rings. The fourth-order valence-corrected chi connectivity index (χ4v) is 1.15. The Kier molecular flexibility index (Phi) is 4.37. The Morgan fingerprint density at radius 1 is 1.75 bits per heavy atom. The summed E-state index contributed by atoms with van der Waals surface area (Å²) in [4.78, 5) is 15.2. The van der Waals surface area contributed by atoms with Crippen LogP contribution in [-0.2, 0) is 0 Å². The van der Waals surface area contributed by atoms with Crippen LogP contribution < -0.4 is 10.7 Å². The largest absolute Gasteiger partial charge is 0.428 e. The van der Waals surface area contributed by atoms with Crippen molar-refractivity contribution in [1.82, 2.24) is 10.0 Å². The van der Waals surface area contributed by atoms with E-state index in [0.717, 1.165) is 11.2 Å². The van der Waals surface area contributed by atoms with E-state index in [4.69, 9.17) is 16.8 Å². The van der Waals surface area contributed by atoms with Crippen LogP contribution in [0.2, 0.25) is 5.15 Å². The van der Waals surface area contributed by atoms with Crippen LogP contribution in [0.3, 0.4) is 0 Å². The number of amides is 2. The first kappa shape index (κ1) is 12.6. The van der Waals surface area contributed by atoms with Crippen molar-refractivity contribution in [3.8, 4) is 0 Å². The summed E-state index contributed by atoms with van der Waals surface area (Å²) >= 11 is 5.65. The monoisotopic (exact) mass is 243 g/mol. The normalized spacial score (nSPS) is 13.6. The Hall–Kier alpha value is -1.49. The summed E-state index contributed by atoms with van der Waals surface area (Å²) in [5.74, 6) is 0. The highest BCUT2D eigenvalue weighted by Gasteiger charge is 2.02. The van der Waals surface area contributed by atoms with Gasteiger partial charge in [-0.15, -0.1) is 0 Å². The van der Waals surface area contributed by atoms with E-state index >= 15 is 0 Å². The Morgan fingerprint density at radius 2 is 2.44 bits per heavy atom. The van der Waals surface area contributed by atoms with Gasteiger partial charge in [0.2, 0.25) is 0 Å². The van der Waals surface area contributed by atoms with Crippen LogP contribution in [0.5, 0.6) is 0 Å². The molecule has 0 aromatic carbocycles. The highest BCUT2D eigenvalue weighted by Crippen LogP contribution is 2.00. The van der Waals surface area contributed by atoms with Gasteiger partial charge in [0.15, 0.2) is 0 Å². The first-order chi connectivity index (χ1) is 7.52. The maximum atomic E-state index is 11.4. The van der Waals surface area contributed by atoms with E-state index in [2.05, 4.69) is 10.3 Å². The molecule has 6 heteroatoms. The molecule has 16 heavy (non-hydrogen) atoms. The van der Waals surface area contributed by atoms with Gasteiger partial charge in [-0.05, 0) is 19.4 Å². The zero-order chi connectivity index (χ0) is 12.1. The molecule has 1 aromatic heterocycles. The molecule has 1 atom stereocenters.